The Morgan fingerprint density at radius 3 is 2.14 bits per heavy atom. The van der Waals surface area contributed by atoms with Crippen molar-refractivity contribution >= 4 is 34.4 Å². The van der Waals surface area contributed by atoms with Crippen LogP contribution in [0.25, 0.3) is 10.8 Å². The van der Waals surface area contributed by atoms with Gasteiger partial charge in [-0.1, -0.05) is 62.4 Å². The molecule has 42 heavy (non-hydrogen) atoms. The van der Waals surface area contributed by atoms with Crippen molar-refractivity contribution in [3.05, 3.63) is 71.8 Å². The molecule has 3 aromatic rings. The van der Waals surface area contributed by atoms with Crippen LogP contribution in [-0.4, -0.2) is 45.1 Å². The number of carbonyl (C=O) groups is 3. The van der Waals surface area contributed by atoms with Crippen LogP contribution in [0.3, 0.4) is 0 Å². The highest BCUT2D eigenvalue weighted by Crippen LogP contribution is 2.37. The van der Waals surface area contributed by atoms with Crippen LogP contribution in [0.15, 0.2) is 60.7 Å². The van der Waals surface area contributed by atoms with E-state index >= 15 is 0 Å². The van der Waals surface area contributed by atoms with Gasteiger partial charge in [-0.05, 0) is 89.3 Å². The zero-order chi connectivity index (χ0) is 31.4. The number of anilines is 1. The predicted octanol–water partition coefficient (Wildman–Crippen LogP) is 7.10. The largest absolute Gasteiger partial charge is 0.507 e. The third kappa shape index (κ3) is 8.24. The SMILES string of the molecule is Cc1cccc(C(C(=O)Nc2ccc3ccccc3c2)N(C(=O)C(CC(C)C)NC(=O)OC(C)(C)C)C(C)(C)C)c1O. The zero-order valence-electron chi connectivity index (χ0n) is 26.2. The Morgan fingerprint density at radius 1 is 0.905 bits per heavy atom. The molecular formula is C34H45N3O5. The van der Waals surface area contributed by atoms with Gasteiger partial charge in [-0.3, -0.25) is 9.59 Å². The first kappa shape index (κ1) is 32.4. The summed E-state index contributed by atoms with van der Waals surface area (Å²) in [5.41, 5.74) is -0.221. The number of para-hydroxylation sites is 1. The van der Waals surface area contributed by atoms with Gasteiger partial charge >= 0.3 is 6.09 Å². The maximum Gasteiger partial charge on any atom is 0.408 e. The van der Waals surface area contributed by atoms with Crippen molar-refractivity contribution in [1.82, 2.24) is 10.2 Å². The van der Waals surface area contributed by atoms with Gasteiger partial charge in [0.15, 0.2) is 0 Å². The Morgan fingerprint density at radius 2 is 1.55 bits per heavy atom. The molecule has 0 saturated carbocycles. The van der Waals surface area contributed by atoms with Crippen LogP contribution in [0.4, 0.5) is 10.5 Å². The van der Waals surface area contributed by atoms with E-state index in [1.54, 1.807) is 45.9 Å². The second-order valence-corrected chi connectivity index (χ2v) is 13.2. The third-order valence-corrected chi connectivity index (χ3v) is 6.74. The molecule has 3 amide bonds. The van der Waals surface area contributed by atoms with Crippen LogP contribution < -0.4 is 10.6 Å². The minimum atomic E-state index is -1.21. The molecule has 2 atom stereocenters. The molecule has 0 saturated heterocycles. The van der Waals surface area contributed by atoms with E-state index < -0.39 is 41.1 Å². The van der Waals surface area contributed by atoms with Gasteiger partial charge in [-0.2, -0.15) is 0 Å². The van der Waals surface area contributed by atoms with E-state index in [4.69, 9.17) is 4.74 Å². The Balaban J connectivity index is 2.11. The van der Waals surface area contributed by atoms with Crippen LogP contribution in [0.1, 0.15) is 79.0 Å². The maximum atomic E-state index is 14.5. The molecule has 0 aliphatic rings. The summed E-state index contributed by atoms with van der Waals surface area (Å²) in [4.78, 5) is 43.0. The summed E-state index contributed by atoms with van der Waals surface area (Å²) < 4.78 is 5.47. The number of rotatable bonds is 8. The molecule has 0 aromatic heterocycles. The first-order valence-corrected chi connectivity index (χ1v) is 14.4. The number of carbonyl (C=O) groups excluding carboxylic acids is 3. The molecule has 226 valence electrons. The van der Waals surface area contributed by atoms with Crippen molar-refractivity contribution in [3.63, 3.8) is 0 Å². The standard InChI is InChI=1S/C34H45N3O5/c1-21(2)19-27(36-32(41)42-34(7,8)9)31(40)37(33(4,5)6)28(26-16-12-13-22(3)29(26)38)30(39)35-25-18-17-23-14-10-11-15-24(23)20-25/h10-18,20-21,27-28,38H,19H2,1-9H3,(H,35,39)(H,36,41). The van der Waals surface area contributed by atoms with E-state index in [-0.39, 0.29) is 17.2 Å². The summed E-state index contributed by atoms with van der Waals surface area (Å²) in [5, 5.41) is 18.9. The van der Waals surface area contributed by atoms with Crippen LogP contribution in [0.2, 0.25) is 0 Å². The fourth-order valence-electron chi connectivity index (χ4n) is 4.93. The lowest BCUT2D eigenvalue weighted by Gasteiger charge is -2.43. The molecule has 0 spiro atoms. The summed E-state index contributed by atoms with van der Waals surface area (Å²) in [5.74, 6) is -0.969. The average Bonchev–Trinajstić information content (AvgIpc) is 2.86. The monoisotopic (exact) mass is 575 g/mol. The lowest BCUT2D eigenvalue weighted by atomic mass is 9.92. The van der Waals surface area contributed by atoms with E-state index in [1.165, 1.54) is 4.90 Å². The fraction of sp³-hybridized carbons (Fsp3) is 0.441. The summed E-state index contributed by atoms with van der Waals surface area (Å²) in [7, 11) is 0. The molecule has 0 aliphatic carbocycles. The highest BCUT2D eigenvalue weighted by atomic mass is 16.6. The predicted molar refractivity (Wildman–Crippen MR) is 167 cm³/mol. The minimum Gasteiger partial charge on any atom is -0.507 e. The lowest BCUT2D eigenvalue weighted by Crippen LogP contribution is -2.58. The van der Waals surface area contributed by atoms with Crippen molar-refractivity contribution in [1.29, 1.82) is 0 Å². The average molecular weight is 576 g/mol. The first-order valence-electron chi connectivity index (χ1n) is 14.4. The number of hydrogen-bond donors (Lipinski definition) is 3. The quantitative estimate of drug-likeness (QED) is 0.266. The molecule has 3 N–H and O–H groups in total. The Bertz CT molecular complexity index is 1440. The number of hydrogen-bond acceptors (Lipinski definition) is 5. The summed E-state index contributed by atoms with van der Waals surface area (Å²) in [6.07, 6.45) is -0.394. The van der Waals surface area contributed by atoms with Crippen molar-refractivity contribution in [3.8, 4) is 5.75 Å². The van der Waals surface area contributed by atoms with Gasteiger partial charge in [0, 0.05) is 16.8 Å². The van der Waals surface area contributed by atoms with Gasteiger partial charge in [0.25, 0.3) is 5.91 Å². The van der Waals surface area contributed by atoms with Crippen LogP contribution in [-0.2, 0) is 14.3 Å². The number of nitrogens with one attached hydrogen (secondary N) is 2. The molecular weight excluding hydrogens is 530 g/mol. The first-order chi connectivity index (χ1) is 19.5. The van der Waals surface area contributed by atoms with Crippen molar-refractivity contribution in [2.45, 2.75) is 92.0 Å². The number of fused-ring (bicyclic) bond motifs is 1. The highest BCUT2D eigenvalue weighted by molar-refractivity contribution is 6.01. The second kappa shape index (κ2) is 12.8. The van der Waals surface area contributed by atoms with Crippen LogP contribution in [0, 0.1) is 12.8 Å². The molecule has 8 heteroatoms. The lowest BCUT2D eigenvalue weighted by molar-refractivity contribution is -0.147. The Labute approximate surface area is 249 Å². The number of nitrogens with zero attached hydrogens (tertiary/aromatic N) is 1. The number of phenolic OH excluding ortho intramolecular Hbond substituents is 1. The number of benzene rings is 3. The molecule has 3 rings (SSSR count). The number of alkyl carbamates (subject to hydrolysis) is 1. The summed E-state index contributed by atoms with van der Waals surface area (Å²) >= 11 is 0. The number of amides is 3. The Hall–Kier alpha value is -4.07. The smallest absolute Gasteiger partial charge is 0.408 e. The Kier molecular flexibility index (Phi) is 9.92. The molecule has 0 bridgehead atoms. The van der Waals surface area contributed by atoms with Crippen molar-refractivity contribution < 1.29 is 24.2 Å². The van der Waals surface area contributed by atoms with Crippen molar-refractivity contribution in [2.24, 2.45) is 5.92 Å². The number of aryl methyl sites for hydroxylation is 1. The fourth-order valence-corrected chi connectivity index (χ4v) is 4.93. The summed E-state index contributed by atoms with van der Waals surface area (Å²) in [6.45, 7) is 16.4. The molecule has 2 unspecified atom stereocenters. The van der Waals surface area contributed by atoms with Gasteiger partial charge in [-0.15, -0.1) is 0 Å². The topological polar surface area (TPSA) is 108 Å². The molecule has 0 fully saturated rings. The van der Waals surface area contributed by atoms with Gasteiger partial charge in [0.2, 0.25) is 5.91 Å². The molecule has 0 radical (unpaired) electrons. The molecule has 8 nitrogen and oxygen atoms in total. The van der Waals surface area contributed by atoms with Gasteiger partial charge in [0.1, 0.15) is 23.4 Å². The number of aromatic hydroxyl groups is 1. The molecule has 0 aliphatic heterocycles. The normalized spacial score (nSPS) is 13.4. The number of phenols is 1. The maximum absolute atomic E-state index is 14.5. The van der Waals surface area contributed by atoms with Gasteiger partial charge in [-0.25, -0.2) is 4.79 Å². The van der Waals surface area contributed by atoms with Crippen molar-refractivity contribution in [2.75, 3.05) is 5.32 Å². The highest BCUT2D eigenvalue weighted by Gasteiger charge is 2.43. The second-order valence-electron chi connectivity index (χ2n) is 13.2. The third-order valence-electron chi connectivity index (χ3n) is 6.74. The van der Waals surface area contributed by atoms with E-state index in [9.17, 15) is 19.5 Å². The van der Waals surface area contributed by atoms with E-state index in [0.29, 0.717) is 17.7 Å². The molecule has 0 heterocycles. The minimum absolute atomic E-state index is 0.0490. The zero-order valence-corrected chi connectivity index (χ0v) is 26.2. The number of ether oxygens (including phenoxy) is 1. The van der Waals surface area contributed by atoms with E-state index in [0.717, 1.165) is 10.8 Å². The van der Waals surface area contributed by atoms with E-state index in [2.05, 4.69) is 10.6 Å². The van der Waals surface area contributed by atoms with Gasteiger partial charge < -0.3 is 25.4 Å². The van der Waals surface area contributed by atoms with Crippen LogP contribution in [0.5, 0.6) is 5.75 Å². The molecule has 3 aromatic carbocycles. The van der Waals surface area contributed by atoms with E-state index in [1.807, 2.05) is 77.1 Å². The van der Waals surface area contributed by atoms with Gasteiger partial charge in [0.05, 0.1) is 0 Å². The summed E-state index contributed by atoms with van der Waals surface area (Å²) in [6, 6.07) is 16.4. The van der Waals surface area contributed by atoms with Crippen LogP contribution >= 0.6 is 0 Å².